The summed E-state index contributed by atoms with van der Waals surface area (Å²) in [5, 5.41) is 3.45. The van der Waals surface area contributed by atoms with Crippen LogP contribution < -0.4 is 5.32 Å². The van der Waals surface area contributed by atoms with Gasteiger partial charge in [0, 0.05) is 0 Å². The molecule has 116 valence electrons. The maximum atomic E-state index is 12.5. The first-order valence-corrected chi connectivity index (χ1v) is 8.56. The second-order valence-corrected chi connectivity index (χ2v) is 7.12. The summed E-state index contributed by atoms with van der Waals surface area (Å²) in [5.74, 6) is 1.41. The molecular formula is C17H31NO2. The van der Waals surface area contributed by atoms with Crippen molar-refractivity contribution in [1.82, 2.24) is 5.32 Å². The highest BCUT2D eigenvalue weighted by molar-refractivity contribution is 5.72. The summed E-state index contributed by atoms with van der Waals surface area (Å²) < 4.78 is 5.76. The molecule has 1 heterocycles. The van der Waals surface area contributed by atoms with E-state index < -0.39 is 0 Å². The minimum absolute atomic E-state index is 0.0798. The first-order chi connectivity index (χ1) is 9.65. The standard InChI is InChI=1S/C17H31NO2/c1-13(2)10-15(11-14-6-5-9-18-12-14)17(19)20-16-7-3-4-8-16/h13-16,18H,3-12H2,1-2H3/t14?,15-/m1/s1. The minimum Gasteiger partial charge on any atom is -0.462 e. The Bertz CT molecular complexity index is 291. The van der Waals surface area contributed by atoms with Gasteiger partial charge in [-0.3, -0.25) is 4.79 Å². The van der Waals surface area contributed by atoms with Gasteiger partial charge in [0.1, 0.15) is 6.10 Å². The lowest BCUT2D eigenvalue weighted by atomic mass is 9.85. The van der Waals surface area contributed by atoms with Crippen LogP contribution in [-0.2, 0) is 9.53 Å². The molecule has 0 spiro atoms. The van der Waals surface area contributed by atoms with Gasteiger partial charge in [0.2, 0.25) is 0 Å². The molecule has 1 unspecified atom stereocenters. The van der Waals surface area contributed by atoms with Gasteiger partial charge in [0.15, 0.2) is 0 Å². The predicted octanol–water partition coefficient (Wildman–Crippen LogP) is 3.52. The largest absolute Gasteiger partial charge is 0.462 e. The molecule has 1 N–H and O–H groups in total. The second kappa shape index (κ2) is 8.02. The molecule has 0 radical (unpaired) electrons. The Labute approximate surface area is 123 Å². The number of ether oxygens (including phenoxy) is 1. The molecule has 1 saturated carbocycles. The Morgan fingerprint density at radius 3 is 2.55 bits per heavy atom. The second-order valence-electron chi connectivity index (χ2n) is 7.12. The van der Waals surface area contributed by atoms with Gasteiger partial charge in [0.25, 0.3) is 0 Å². The number of piperidine rings is 1. The molecule has 2 fully saturated rings. The monoisotopic (exact) mass is 281 g/mol. The number of nitrogens with one attached hydrogen (secondary N) is 1. The number of carbonyl (C=O) groups excluding carboxylic acids is 1. The van der Waals surface area contributed by atoms with Crippen LogP contribution >= 0.6 is 0 Å². The van der Waals surface area contributed by atoms with Gasteiger partial charge in [0.05, 0.1) is 5.92 Å². The molecule has 0 aromatic heterocycles. The van der Waals surface area contributed by atoms with Crippen LogP contribution in [-0.4, -0.2) is 25.2 Å². The lowest BCUT2D eigenvalue weighted by molar-refractivity contribution is -0.155. The van der Waals surface area contributed by atoms with E-state index in [2.05, 4.69) is 19.2 Å². The van der Waals surface area contributed by atoms with Gasteiger partial charge in [-0.15, -0.1) is 0 Å². The average molecular weight is 281 g/mol. The molecule has 2 atom stereocenters. The number of hydrogen-bond acceptors (Lipinski definition) is 3. The molecule has 0 aromatic rings. The van der Waals surface area contributed by atoms with E-state index in [0.717, 1.165) is 38.8 Å². The van der Waals surface area contributed by atoms with Gasteiger partial charge < -0.3 is 10.1 Å². The van der Waals surface area contributed by atoms with E-state index in [-0.39, 0.29) is 18.0 Å². The lowest BCUT2D eigenvalue weighted by Crippen LogP contribution is -2.33. The maximum Gasteiger partial charge on any atom is 0.309 e. The summed E-state index contributed by atoms with van der Waals surface area (Å²) >= 11 is 0. The number of esters is 1. The molecule has 20 heavy (non-hydrogen) atoms. The summed E-state index contributed by atoms with van der Waals surface area (Å²) in [6.07, 6.45) is 9.30. The highest BCUT2D eigenvalue weighted by atomic mass is 16.5. The zero-order valence-electron chi connectivity index (χ0n) is 13.2. The van der Waals surface area contributed by atoms with E-state index in [0.29, 0.717) is 11.8 Å². The molecule has 2 aliphatic rings. The van der Waals surface area contributed by atoms with E-state index in [4.69, 9.17) is 4.74 Å². The van der Waals surface area contributed by atoms with E-state index in [1.807, 2.05) is 0 Å². The Morgan fingerprint density at radius 1 is 1.20 bits per heavy atom. The summed E-state index contributed by atoms with van der Waals surface area (Å²) in [6, 6.07) is 0. The summed E-state index contributed by atoms with van der Waals surface area (Å²) in [6.45, 7) is 6.62. The van der Waals surface area contributed by atoms with Gasteiger partial charge in [-0.25, -0.2) is 0 Å². The average Bonchev–Trinajstić information content (AvgIpc) is 2.91. The van der Waals surface area contributed by atoms with E-state index in [1.165, 1.54) is 25.7 Å². The highest BCUT2D eigenvalue weighted by Crippen LogP contribution is 2.28. The van der Waals surface area contributed by atoms with E-state index in [9.17, 15) is 4.79 Å². The summed E-state index contributed by atoms with van der Waals surface area (Å²) in [5.41, 5.74) is 0. The zero-order chi connectivity index (χ0) is 14.4. The fraction of sp³-hybridized carbons (Fsp3) is 0.941. The van der Waals surface area contributed by atoms with Gasteiger partial charge in [-0.1, -0.05) is 13.8 Å². The third kappa shape index (κ3) is 5.08. The highest BCUT2D eigenvalue weighted by Gasteiger charge is 2.29. The minimum atomic E-state index is 0.0798. The Kier molecular flexibility index (Phi) is 6.34. The van der Waals surface area contributed by atoms with Crippen LogP contribution in [0.4, 0.5) is 0 Å². The van der Waals surface area contributed by atoms with Crippen molar-refractivity contribution >= 4 is 5.97 Å². The van der Waals surface area contributed by atoms with Crippen molar-refractivity contribution in [1.29, 1.82) is 0 Å². The SMILES string of the molecule is CC(C)C[C@H](CC1CCCNC1)C(=O)OC1CCCC1. The van der Waals surface area contributed by atoms with Crippen molar-refractivity contribution < 1.29 is 9.53 Å². The summed E-state index contributed by atoms with van der Waals surface area (Å²) in [4.78, 5) is 12.5. The fourth-order valence-corrected chi connectivity index (χ4v) is 3.65. The van der Waals surface area contributed by atoms with Crippen molar-refractivity contribution in [3.05, 3.63) is 0 Å². The van der Waals surface area contributed by atoms with Crippen LogP contribution in [0.5, 0.6) is 0 Å². The van der Waals surface area contributed by atoms with E-state index >= 15 is 0 Å². The van der Waals surface area contributed by atoms with Crippen LogP contribution in [0.1, 0.15) is 65.2 Å². The first kappa shape index (κ1) is 15.8. The first-order valence-electron chi connectivity index (χ1n) is 8.56. The van der Waals surface area contributed by atoms with Crippen molar-refractivity contribution in [2.24, 2.45) is 17.8 Å². The Balaban J connectivity index is 1.85. The Hall–Kier alpha value is -0.570. The van der Waals surface area contributed by atoms with Crippen LogP contribution in [0.25, 0.3) is 0 Å². The van der Waals surface area contributed by atoms with Crippen molar-refractivity contribution in [2.45, 2.75) is 71.3 Å². The van der Waals surface area contributed by atoms with Crippen LogP contribution in [0, 0.1) is 17.8 Å². The van der Waals surface area contributed by atoms with Crippen molar-refractivity contribution in [2.75, 3.05) is 13.1 Å². The molecule has 1 aliphatic carbocycles. The molecule has 0 bridgehead atoms. The Morgan fingerprint density at radius 2 is 1.95 bits per heavy atom. The molecule has 0 amide bonds. The smallest absolute Gasteiger partial charge is 0.309 e. The molecule has 3 nitrogen and oxygen atoms in total. The molecule has 1 aliphatic heterocycles. The zero-order valence-corrected chi connectivity index (χ0v) is 13.2. The molecular weight excluding hydrogens is 250 g/mol. The fourth-order valence-electron chi connectivity index (χ4n) is 3.65. The van der Waals surface area contributed by atoms with Gasteiger partial charge in [-0.05, 0) is 76.3 Å². The van der Waals surface area contributed by atoms with Crippen LogP contribution in [0.3, 0.4) is 0 Å². The van der Waals surface area contributed by atoms with Crippen LogP contribution in [0.15, 0.2) is 0 Å². The molecule has 0 aromatic carbocycles. The van der Waals surface area contributed by atoms with Crippen molar-refractivity contribution in [3.8, 4) is 0 Å². The number of carbonyl (C=O) groups is 1. The molecule has 1 saturated heterocycles. The van der Waals surface area contributed by atoms with Gasteiger partial charge >= 0.3 is 5.97 Å². The van der Waals surface area contributed by atoms with Crippen LogP contribution in [0.2, 0.25) is 0 Å². The van der Waals surface area contributed by atoms with Crippen molar-refractivity contribution in [3.63, 3.8) is 0 Å². The molecule has 2 rings (SSSR count). The lowest BCUT2D eigenvalue weighted by Gasteiger charge is -2.27. The number of rotatable bonds is 6. The quantitative estimate of drug-likeness (QED) is 0.757. The molecule has 3 heteroatoms. The third-order valence-electron chi connectivity index (χ3n) is 4.69. The normalized spacial score (nSPS) is 25.9. The summed E-state index contributed by atoms with van der Waals surface area (Å²) in [7, 11) is 0. The third-order valence-corrected chi connectivity index (χ3v) is 4.69. The predicted molar refractivity (Wildman–Crippen MR) is 81.5 cm³/mol. The van der Waals surface area contributed by atoms with Gasteiger partial charge in [-0.2, -0.15) is 0 Å². The number of hydrogen-bond donors (Lipinski definition) is 1. The van der Waals surface area contributed by atoms with E-state index in [1.54, 1.807) is 0 Å². The topological polar surface area (TPSA) is 38.3 Å². The maximum absolute atomic E-state index is 12.5.